The van der Waals surface area contributed by atoms with Gasteiger partial charge < -0.3 is 19.3 Å². The average Bonchev–Trinajstić information content (AvgIpc) is 3.28. The number of nitrogens with zero attached hydrogens (tertiary/aromatic N) is 2. The predicted octanol–water partition coefficient (Wildman–Crippen LogP) is 6.23. The SMILES string of the molecule is CC(C)(C)OC(=O)N1CC2(CC[C@@H](N3CCC(c4ccccc4OCc4ccccc4)CC3)C2)C1. The second-order valence-corrected chi connectivity index (χ2v) is 11.9. The van der Waals surface area contributed by atoms with E-state index in [4.69, 9.17) is 9.47 Å². The van der Waals surface area contributed by atoms with Crippen LogP contribution in [-0.2, 0) is 11.3 Å². The molecule has 2 aromatic carbocycles. The van der Waals surface area contributed by atoms with Crippen LogP contribution >= 0.6 is 0 Å². The smallest absolute Gasteiger partial charge is 0.410 e. The number of likely N-dealkylation sites (tertiary alicyclic amines) is 2. The van der Waals surface area contributed by atoms with Crippen molar-refractivity contribution >= 4 is 6.09 Å². The molecule has 0 unspecified atom stereocenters. The summed E-state index contributed by atoms with van der Waals surface area (Å²) in [6, 6.07) is 19.7. The van der Waals surface area contributed by atoms with E-state index >= 15 is 0 Å². The van der Waals surface area contributed by atoms with Crippen molar-refractivity contribution in [3.8, 4) is 5.75 Å². The monoisotopic (exact) mass is 476 g/mol. The molecule has 3 fully saturated rings. The first kappa shape index (κ1) is 24.2. The van der Waals surface area contributed by atoms with E-state index < -0.39 is 5.60 Å². The van der Waals surface area contributed by atoms with Crippen molar-refractivity contribution in [3.05, 3.63) is 65.7 Å². The van der Waals surface area contributed by atoms with E-state index in [-0.39, 0.29) is 6.09 Å². The second-order valence-electron chi connectivity index (χ2n) is 11.9. The van der Waals surface area contributed by atoms with Crippen molar-refractivity contribution in [3.63, 3.8) is 0 Å². The Morgan fingerprint density at radius 3 is 2.37 bits per heavy atom. The van der Waals surface area contributed by atoms with Gasteiger partial charge in [0.05, 0.1) is 0 Å². The summed E-state index contributed by atoms with van der Waals surface area (Å²) in [7, 11) is 0. The van der Waals surface area contributed by atoms with E-state index in [2.05, 4.69) is 53.4 Å². The summed E-state index contributed by atoms with van der Waals surface area (Å²) in [6.07, 6.45) is 5.91. The zero-order valence-corrected chi connectivity index (χ0v) is 21.5. The quantitative estimate of drug-likeness (QED) is 0.513. The van der Waals surface area contributed by atoms with Gasteiger partial charge in [-0.25, -0.2) is 4.79 Å². The molecule has 5 heteroatoms. The molecule has 0 radical (unpaired) electrons. The van der Waals surface area contributed by atoms with Crippen LogP contribution in [0.4, 0.5) is 4.79 Å². The molecule has 1 amide bonds. The van der Waals surface area contributed by atoms with E-state index in [0.717, 1.165) is 31.9 Å². The standard InChI is InChI=1S/C30H40N2O3/c1-29(2,3)35-28(33)32-21-30(22-32)16-13-25(19-30)31-17-14-24(15-18-31)26-11-7-8-12-27(26)34-20-23-9-5-4-6-10-23/h4-12,24-25H,13-22H2,1-3H3/t25-/m1/s1. The number of carbonyl (C=O) groups is 1. The summed E-state index contributed by atoms with van der Waals surface area (Å²) in [5.74, 6) is 1.59. The Hall–Kier alpha value is -2.53. The minimum Gasteiger partial charge on any atom is -0.489 e. The lowest BCUT2D eigenvalue weighted by atomic mass is 9.78. The van der Waals surface area contributed by atoms with Crippen molar-refractivity contribution in [1.29, 1.82) is 0 Å². The topological polar surface area (TPSA) is 42.0 Å². The molecule has 2 saturated heterocycles. The Labute approximate surface area is 210 Å². The molecule has 5 rings (SSSR count). The van der Waals surface area contributed by atoms with Gasteiger partial charge in [0, 0.05) is 24.5 Å². The first-order valence-electron chi connectivity index (χ1n) is 13.3. The van der Waals surface area contributed by atoms with Gasteiger partial charge in [0.2, 0.25) is 0 Å². The van der Waals surface area contributed by atoms with Crippen molar-refractivity contribution in [2.45, 2.75) is 77.0 Å². The van der Waals surface area contributed by atoms with Gasteiger partial charge in [-0.1, -0.05) is 48.5 Å². The van der Waals surface area contributed by atoms with Crippen molar-refractivity contribution in [2.75, 3.05) is 26.2 Å². The molecular weight excluding hydrogens is 436 g/mol. The Kier molecular flexibility index (Phi) is 6.80. The highest BCUT2D eigenvalue weighted by atomic mass is 16.6. The van der Waals surface area contributed by atoms with Crippen LogP contribution in [0.2, 0.25) is 0 Å². The summed E-state index contributed by atoms with van der Waals surface area (Å²) in [4.78, 5) is 17.0. The number of hydrogen-bond acceptors (Lipinski definition) is 4. The van der Waals surface area contributed by atoms with Gasteiger partial charge in [0.15, 0.2) is 0 Å². The molecule has 3 aliphatic rings. The van der Waals surface area contributed by atoms with E-state index in [1.54, 1.807) is 0 Å². The second kappa shape index (κ2) is 9.85. The third kappa shape index (κ3) is 5.66. The number of benzene rings is 2. The highest BCUT2D eigenvalue weighted by molar-refractivity contribution is 5.69. The molecule has 188 valence electrons. The molecule has 35 heavy (non-hydrogen) atoms. The summed E-state index contributed by atoms with van der Waals surface area (Å²) in [5, 5.41) is 0. The minimum absolute atomic E-state index is 0.152. The van der Waals surface area contributed by atoms with Gasteiger partial charge in [-0.05, 0) is 89.1 Å². The van der Waals surface area contributed by atoms with Crippen LogP contribution in [0.3, 0.4) is 0 Å². The summed E-state index contributed by atoms with van der Waals surface area (Å²) < 4.78 is 11.8. The molecule has 2 aliphatic heterocycles. The van der Waals surface area contributed by atoms with Crippen LogP contribution in [0.1, 0.15) is 69.9 Å². The third-order valence-electron chi connectivity index (χ3n) is 8.02. The molecule has 5 nitrogen and oxygen atoms in total. The van der Waals surface area contributed by atoms with Gasteiger partial charge in [0.1, 0.15) is 18.0 Å². The third-order valence-corrected chi connectivity index (χ3v) is 8.02. The van der Waals surface area contributed by atoms with Crippen LogP contribution in [0.5, 0.6) is 5.75 Å². The fourth-order valence-corrected chi connectivity index (χ4v) is 6.25. The van der Waals surface area contributed by atoms with Gasteiger partial charge in [-0.15, -0.1) is 0 Å². The maximum Gasteiger partial charge on any atom is 0.410 e. The molecule has 1 aliphatic carbocycles. The molecule has 1 saturated carbocycles. The molecule has 0 aromatic heterocycles. The largest absolute Gasteiger partial charge is 0.489 e. The lowest BCUT2D eigenvalue weighted by molar-refractivity contribution is -0.0347. The Morgan fingerprint density at radius 1 is 0.971 bits per heavy atom. The number of para-hydroxylation sites is 1. The van der Waals surface area contributed by atoms with E-state index in [1.807, 2.05) is 31.7 Å². The fraction of sp³-hybridized carbons (Fsp3) is 0.567. The number of hydrogen-bond donors (Lipinski definition) is 0. The number of amides is 1. The van der Waals surface area contributed by atoms with Gasteiger partial charge in [0.25, 0.3) is 0 Å². The maximum absolute atomic E-state index is 12.4. The van der Waals surface area contributed by atoms with Crippen molar-refractivity contribution < 1.29 is 14.3 Å². The van der Waals surface area contributed by atoms with Gasteiger partial charge >= 0.3 is 6.09 Å². The van der Waals surface area contributed by atoms with E-state index in [1.165, 1.54) is 43.2 Å². The highest BCUT2D eigenvalue weighted by Gasteiger charge is 2.51. The molecule has 1 atom stereocenters. The van der Waals surface area contributed by atoms with E-state index in [0.29, 0.717) is 24.0 Å². The molecule has 2 aromatic rings. The van der Waals surface area contributed by atoms with Gasteiger partial charge in [-0.2, -0.15) is 0 Å². The minimum atomic E-state index is -0.423. The number of piperidine rings is 1. The van der Waals surface area contributed by atoms with Crippen LogP contribution in [-0.4, -0.2) is 53.7 Å². The lowest BCUT2D eigenvalue weighted by Gasteiger charge is -2.48. The number of rotatable bonds is 5. The highest BCUT2D eigenvalue weighted by Crippen LogP contribution is 2.48. The Morgan fingerprint density at radius 2 is 1.66 bits per heavy atom. The molecule has 2 heterocycles. The first-order valence-corrected chi connectivity index (χ1v) is 13.3. The summed E-state index contributed by atoms with van der Waals surface area (Å²) in [5.41, 5.74) is 2.45. The van der Waals surface area contributed by atoms with Crippen LogP contribution in [0.15, 0.2) is 54.6 Å². The van der Waals surface area contributed by atoms with Crippen LogP contribution in [0, 0.1) is 5.41 Å². The predicted molar refractivity (Wildman–Crippen MR) is 139 cm³/mol. The zero-order chi connectivity index (χ0) is 24.5. The summed E-state index contributed by atoms with van der Waals surface area (Å²) >= 11 is 0. The van der Waals surface area contributed by atoms with E-state index in [9.17, 15) is 4.79 Å². The Balaban J connectivity index is 1.11. The number of carbonyl (C=O) groups excluding carboxylic acids is 1. The summed E-state index contributed by atoms with van der Waals surface area (Å²) in [6.45, 7) is 10.4. The molecule has 0 bridgehead atoms. The lowest BCUT2D eigenvalue weighted by Crippen LogP contribution is -2.58. The molecule has 0 N–H and O–H groups in total. The zero-order valence-electron chi connectivity index (χ0n) is 21.5. The molecular formula is C30H40N2O3. The number of ether oxygens (including phenoxy) is 2. The maximum atomic E-state index is 12.4. The van der Waals surface area contributed by atoms with Crippen molar-refractivity contribution in [2.24, 2.45) is 5.41 Å². The normalized spacial score (nSPS) is 22.7. The first-order chi connectivity index (χ1) is 16.8. The Bertz CT molecular complexity index is 1000. The molecule has 1 spiro atoms. The van der Waals surface area contributed by atoms with Crippen LogP contribution < -0.4 is 4.74 Å². The van der Waals surface area contributed by atoms with Gasteiger partial charge in [-0.3, -0.25) is 0 Å². The van der Waals surface area contributed by atoms with Crippen LogP contribution in [0.25, 0.3) is 0 Å². The fourth-order valence-electron chi connectivity index (χ4n) is 6.25. The average molecular weight is 477 g/mol. The van der Waals surface area contributed by atoms with Crippen molar-refractivity contribution in [1.82, 2.24) is 9.80 Å².